The molecule has 1 heterocycles. The molecule has 0 unspecified atom stereocenters. The van der Waals surface area contributed by atoms with Gasteiger partial charge in [0.25, 0.3) is 0 Å². The standard InChI is InChI=1S/C25H27ClN2O3/c1-16-12-20(26)6-9-23(16)25(10-11-25)15-27-24(29)13-19-4-7-21(8-5-19)30-14-22-17(2)28-31-18(22)3/h4-9,12H,10-11,13-15H2,1-3H3,(H,27,29). The van der Waals surface area contributed by atoms with E-state index in [0.29, 0.717) is 19.6 Å². The van der Waals surface area contributed by atoms with Crippen molar-refractivity contribution in [3.8, 4) is 5.75 Å². The summed E-state index contributed by atoms with van der Waals surface area (Å²) in [5.41, 5.74) is 5.29. The average Bonchev–Trinajstić information content (AvgIpc) is 3.46. The number of carbonyl (C=O) groups is 1. The quantitative estimate of drug-likeness (QED) is 0.523. The van der Waals surface area contributed by atoms with E-state index in [1.807, 2.05) is 50.2 Å². The number of hydrogen-bond acceptors (Lipinski definition) is 4. The number of hydrogen-bond donors (Lipinski definition) is 1. The number of ether oxygens (including phenoxy) is 1. The maximum absolute atomic E-state index is 12.5. The van der Waals surface area contributed by atoms with Crippen LogP contribution >= 0.6 is 11.6 Å². The third kappa shape index (κ3) is 4.93. The summed E-state index contributed by atoms with van der Waals surface area (Å²) in [6, 6.07) is 13.7. The molecule has 1 saturated carbocycles. The molecule has 31 heavy (non-hydrogen) atoms. The molecule has 5 nitrogen and oxygen atoms in total. The largest absolute Gasteiger partial charge is 0.489 e. The third-order valence-electron chi connectivity index (χ3n) is 6.09. The van der Waals surface area contributed by atoms with Crippen molar-refractivity contribution in [1.82, 2.24) is 10.5 Å². The Morgan fingerprint density at radius 3 is 2.52 bits per heavy atom. The first-order valence-corrected chi connectivity index (χ1v) is 10.9. The summed E-state index contributed by atoms with van der Waals surface area (Å²) < 4.78 is 11.0. The number of rotatable bonds is 8. The normalized spacial score (nSPS) is 14.3. The summed E-state index contributed by atoms with van der Waals surface area (Å²) in [5, 5.41) is 7.81. The first-order chi connectivity index (χ1) is 14.9. The van der Waals surface area contributed by atoms with Gasteiger partial charge >= 0.3 is 0 Å². The molecular weight excluding hydrogens is 412 g/mol. The van der Waals surface area contributed by atoms with Crippen molar-refractivity contribution in [2.45, 2.75) is 52.1 Å². The zero-order valence-electron chi connectivity index (χ0n) is 18.1. The minimum absolute atomic E-state index is 0.0299. The van der Waals surface area contributed by atoms with Gasteiger partial charge in [0.05, 0.1) is 17.7 Å². The molecule has 0 aliphatic heterocycles. The van der Waals surface area contributed by atoms with Gasteiger partial charge in [-0.15, -0.1) is 0 Å². The maximum atomic E-state index is 12.5. The first kappa shape index (κ1) is 21.4. The Morgan fingerprint density at radius 1 is 1.16 bits per heavy atom. The molecule has 162 valence electrons. The molecule has 1 amide bonds. The van der Waals surface area contributed by atoms with Gasteiger partial charge < -0.3 is 14.6 Å². The highest BCUT2D eigenvalue weighted by Gasteiger charge is 2.45. The van der Waals surface area contributed by atoms with E-state index in [4.69, 9.17) is 20.9 Å². The van der Waals surface area contributed by atoms with Crippen LogP contribution in [0, 0.1) is 20.8 Å². The fraction of sp³-hybridized carbons (Fsp3) is 0.360. The predicted molar refractivity (Wildman–Crippen MR) is 121 cm³/mol. The van der Waals surface area contributed by atoms with Crippen LogP contribution < -0.4 is 10.1 Å². The summed E-state index contributed by atoms with van der Waals surface area (Å²) in [7, 11) is 0. The van der Waals surface area contributed by atoms with Gasteiger partial charge in [0.1, 0.15) is 18.1 Å². The summed E-state index contributed by atoms with van der Waals surface area (Å²) in [5.74, 6) is 1.55. The van der Waals surface area contributed by atoms with Gasteiger partial charge in [0.15, 0.2) is 0 Å². The van der Waals surface area contributed by atoms with Crippen LogP contribution in [0.5, 0.6) is 5.75 Å². The second-order valence-electron chi connectivity index (χ2n) is 8.43. The Bertz CT molecular complexity index is 1070. The first-order valence-electron chi connectivity index (χ1n) is 10.5. The van der Waals surface area contributed by atoms with Crippen LogP contribution in [0.15, 0.2) is 47.0 Å². The number of benzene rings is 2. The Morgan fingerprint density at radius 2 is 1.90 bits per heavy atom. The van der Waals surface area contributed by atoms with E-state index in [9.17, 15) is 4.79 Å². The molecule has 0 bridgehead atoms. The molecule has 0 atom stereocenters. The molecule has 1 N–H and O–H groups in total. The lowest BCUT2D eigenvalue weighted by Gasteiger charge is -2.19. The zero-order valence-corrected chi connectivity index (χ0v) is 18.9. The predicted octanol–water partition coefficient (Wildman–Crippen LogP) is 5.22. The van der Waals surface area contributed by atoms with Gasteiger partial charge in [-0.2, -0.15) is 0 Å². The molecule has 4 rings (SSSR count). The van der Waals surface area contributed by atoms with Crippen molar-refractivity contribution in [1.29, 1.82) is 0 Å². The molecule has 1 aliphatic rings. The number of amides is 1. The minimum atomic E-state index is 0.0299. The van der Waals surface area contributed by atoms with E-state index in [1.54, 1.807) is 0 Å². The molecule has 0 radical (unpaired) electrons. The fourth-order valence-electron chi connectivity index (χ4n) is 4.00. The van der Waals surface area contributed by atoms with Gasteiger partial charge in [-0.05, 0) is 74.6 Å². The molecule has 6 heteroatoms. The van der Waals surface area contributed by atoms with E-state index in [1.165, 1.54) is 11.1 Å². The van der Waals surface area contributed by atoms with Crippen molar-refractivity contribution in [2.75, 3.05) is 6.54 Å². The van der Waals surface area contributed by atoms with Gasteiger partial charge in [0.2, 0.25) is 5.91 Å². The van der Waals surface area contributed by atoms with Crippen LogP contribution in [0.1, 0.15) is 46.5 Å². The van der Waals surface area contributed by atoms with Crippen molar-refractivity contribution >= 4 is 17.5 Å². The number of halogens is 1. The Kier molecular flexibility index (Phi) is 6.05. The highest BCUT2D eigenvalue weighted by Crippen LogP contribution is 2.49. The number of nitrogens with one attached hydrogen (secondary N) is 1. The van der Waals surface area contributed by atoms with Crippen LogP contribution in [0.4, 0.5) is 0 Å². The van der Waals surface area contributed by atoms with Crippen LogP contribution in [0.2, 0.25) is 5.02 Å². The lowest BCUT2D eigenvalue weighted by atomic mass is 9.92. The van der Waals surface area contributed by atoms with E-state index in [2.05, 4.69) is 23.5 Å². The van der Waals surface area contributed by atoms with Crippen LogP contribution in [0.25, 0.3) is 0 Å². The van der Waals surface area contributed by atoms with E-state index >= 15 is 0 Å². The van der Waals surface area contributed by atoms with Gasteiger partial charge in [-0.3, -0.25) is 4.79 Å². The number of aryl methyl sites for hydroxylation is 3. The lowest BCUT2D eigenvalue weighted by molar-refractivity contribution is -0.120. The van der Waals surface area contributed by atoms with Crippen LogP contribution in [0.3, 0.4) is 0 Å². The van der Waals surface area contributed by atoms with Gasteiger partial charge in [0, 0.05) is 17.0 Å². The van der Waals surface area contributed by atoms with Crippen LogP contribution in [-0.2, 0) is 23.2 Å². The van der Waals surface area contributed by atoms with E-state index in [-0.39, 0.29) is 11.3 Å². The summed E-state index contributed by atoms with van der Waals surface area (Å²) in [4.78, 5) is 12.5. The molecule has 1 aliphatic carbocycles. The maximum Gasteiger partial charge on any atom is 0.224 e. The van der Waals surface area contributed by atoms with Crippen molar-refractivity contribution in [3.05, 3.63) is 81.2 Å². The summed E-state index contributed by atoms with van der Waals surface area (Å²) in [6.07, 6.45) is 2.53. The molecule has 0 spiro atoms. The number of carbonyl (C=O) groups excluding carboxylic acids is 1. The van der Waals surface area contributed by atoms with Crippen LogP contribution in [-0.4, -0.2) is 17.6 Å². The highest BCUT2D eigenvalue weighted by atomic mass is 35.5. The molecule has 0 saturated heterocycles. The summed E-state index contributed by atoms with van der Waals surface area (Å²) >= 11 is 6.09. The lowest BCUT2D eigenvalue weighted by Crippen LogP contribution is -2.33. The molecule has 1 fully saturated rings. The van der Waals surface area contributed by atoms with Crippen molar-refractivity contribution in [3.63, 3.8) is 0 Å². The molecule has 1 aromatic heterocycles. The Balaban J connectivity index is 1.29. The SMILES string of the molecule is Cc1cc(Cl)ccc1C1(CNC(=O)Cc2ccc(OCc3c(C)noc3C)cc2)CC1. The minimum Gasteiger partial charge on any atom is -0.489 e. The number of nitrogens with zero attached hydrogens (tertiary/aromatic N) is 1. The van der Waals surface area contributed by atoms with Crippen molar-refractivity contribution in [2.24, 2.45) is 0 Å². The zero-order chi connectivity index (χ0) is 22.0. The topological polar surface area (TPSA) is 64.4 Å². The molecular formula is C25H27ClN2O3. The second kappa shape index (κ2) is 8.75. The smallest absolute Gasteiger partial charge is 0.224 e. The van der Waals surface area contributed by atoms with Crippen molar-refractivity contribution < 1.29 is 14.1 Å². The summed E-state index contributed by atoms with van der Waals surface area (Å²) in [6.45, 7) is 6.93. The Labute approximate surface area is 187 Å². The fourth-order valence-corrected chi connectivity index (χ4v) is 4.22. The molecule has 3 aromatic rings. The Hall–Kier alpha value is -2.79. The number of aromatic nitrogens is 1. The third-order valence-corrected chi connectivity index (χ3v) is 6.32. The molecule has 2 aromatic carbocycles. The van der Waals surface area contributed by atoms with Gasteiger partial charge in [-0.25, -0.2) is 0 Å². The van der Waals surface area contributed by atoms with Gasteiger partial charge in [-0.1, -0.05) is 35.0 Å². The highest BCUT2D eigenvalue weighted by molar-refractivity contribution is 6.30. The average molecular weight is 439 g/mol. The van der Waals surface area contributed by atoms with E-state index in [0.717, 1.165) is 46.2 Å². The van der Waals surface area contributed by atoms with E-state index < -0.39 is 0 Å². The second-order valence-corrected chi connectivity index (χ2v) is 8.86. The monoisotopic (exact) mass is 438 g/mol.